The maximum absolute atomic E-state index is 6.17. The van der Waals surface area contributed by atoms with Gasteiger partial charge in [-0.25, -0.2) is 0 Å². The Morgan fingerprint density at radius 1 is 0.920 bits per heavy atom. The smallest absolute Gasteiger partial charge is 0.165 e. The first kappa shape index (κ1) is 13.6. The summed E-state index contributed by atoms with van der Waals surface area (Å²) >= 11 is 0. The average molecular weight is 334 g/mol. The highest BCUT2D eigenvalue weighted by Crippen LogP contribution is 2.55. The van der Waals surface area contributed by atoms with Crippen molar-refractivity contribution in [1.29, 1.82) is 0 Å². The normalized spacial score (nSPS) is 25.1. The number of fused-ring (bicyclic) bond motifs is 8. The van der Waals surface area contributed by atoms with Crippen molar-refractivity contribution in [3.8, 4) is 17.2 Å². The van der Waals surface area contributed by atoms with E-state index in [1.807, 2.05) is 6.07 Å². The zero-order chi connectivity index (χ0) is 16.4. The van der Waals surface area contributed by atoms with Gasteiger partial charge in [0.25, 0.3) is 0 Å². The molecular weight excluding hydrogens is 316 g/mol. The van der Waals surface area contributed by atoms with E-state index in [1.54, 1.807) is 0 Å². The van der Waals surface area contributed by atoms with Gasteiger partial charge in [-0.15, -0.1) is 0 Å². The number of rotatable bonds is 0. The first-order valence-corrected chi connectivity index (χ1v) is 8.87. The number of para-hydroxylation sites is 1. The molecule has 0 N–H and O–H groups in total. The molecule has 4 heterocycles. The predicted molar refractivity (Wildman–Crippen MR) is 94.4 cm³/mol. The molecule has 25 heavy (non-hydrogen) atoms. The molecule has 5 nitrogen and oxygen atoms in total. The largest absolute Gasteiger partial charge is 0.491 e. The summed E-state index contributed by atoms with van der Waals surface area (Å²) in [6.45, 7) is 3.64. The van der Waals surface area contributed by atoms with Gasteiger partial charge in [-0.1, -0.05) is 18.2 Å². The van der Waals surface area contributed by atoms with Crippen molar-refractivity contribution in [1.82, 2.24) is 0 Å². The summed E-state index contributed by atoms with van der Waals surface area (Å²) in [6.07, 6.45) is 1.09. The van der Waals surface area contributed by atoms with Gasteiger partial charge >= 0.3 is 0 Å². The lowest BCUT2D eigenvalue weighted by Crippen LogP contribution is -2.45. The number of hydrogen-bond acceptors (Lipinski definition) is 5. The van der Waals surface area contributed by atoms with Crippen LogP contribution in [0.15, 0.2) is 41.4 Å². The van der Waals surface area contributed by atoms with Gasteiger partial charge in [0.15, 0.2) is 11.5 Å². The van der Waals surface area contributed by atoms with E-state index in [0.29, 0.717) is 19.8 Å². The standard InChI is InChI=1S/C20H18N2O3/c1-2-5-15-13(4-1)20(19-21-6-3-7-22(15)19)12-25-16-11-18-17(10-14(16)20)23-8-9-24-18/h1-2,4-5,10-11H,3,6-9,12H2. The second-order valence-corrected chi connectivity index (χ2v) is 6.91. The molecule has 5 heteroatoms. The van der Waals surface area contributed by atoms with E-state index in [4.69, 9.17) is 19.2 Å². The average Bonchev–Trinajstić information content (AvgIpc) is 3.19. The summed E-state index contributed by atoms with van der Waals surface area (Å²) in [5.74, 6) is 3.59. The lowest BCUT2D eigenvalue weighted by Gasteiger charge is -2.30. The fourth-order valence-corrected chi connectivity index (χ4v) is 4.59. The van der Waals surface area contributed by atoms with E-state index in [1.165, 1.54) is 11.3 Å². The van der Waals surface area contributed by atoms with Crippen LogP contribution in [0.25, 0.3) is 0 Å². The van der Waals surface area contributed by atoms with Gasteiger partial charge in [0, 0.05) is 30.4 Å². The summed E-state index contributed by atoms with van der Waals surface area (Å²) in [5, 5.41) is 0. The van der Waals surface area contributed by atoms with Crippen molar-refractivity contribution in [2.45, 2.75) is 11.8 Å². The minimum atomic E-state index is -0.331. The monoisotopic (exact) mass is 334 g/mol. The fraction of sp³-hybridized carbons (Fsp3) is 0.350. The Morgan fingerprint density at radius 2 is 1.76 bits per heavy atom. The van der Waals surface area contributed by atoms with Crippen molar-refractivity contribution in [3.05, 3.63) is 47.5 Å². The van der Waals surface area contributed by atoms with Crippen LogP contribution in [0.2, 0.25) is 0 Å². The molecule has 2 aromatic rings. The third kappa shape index (κ3) is 1.61. The Morgan fingerprint density at radius 3 is 2.68 bits per heavy atom. The van der Waals surface area contributed by atoms with Gasteiger partial charge in [-0.2, -0.15) is 0 Å². The lowest BCUT2D eigenvalue weighted by molar-refractivity contribution is 0.171. The molecule has 1 spiro atoms. The van der Waals surface area contributed by atoms with Gasteiger partial charge in [0.2, 0.25) is 0 Å². The molecule has 0 aliphatic carbocycles. The molecule has 4 aliphatic rings. The van der Waals surface area contributed by atoms with Gasteiger partial charge in [-0.3, -0.25) is 4.99 Å². The Bertz CT molecular complexity index is 923. The molecule has 0 saturated carbocycles. The SMILES string of the molecule is c1ccc2c(c1)N1CCCN=C1C21COc2cc3c(cc21)OCCO3. The molecule has 4 aliphatic heterocycles. The summed E-state index contributed by atoms with van der Waals surface area (Å²) in [5.41, 5.74) is 3.35. The highest BCUT2D eigenvalue weighted by molar-refractivity contribution is 6.15. The lowest BCUT2D eigenvalue weighted by atomic mass is 9.76. The molecule has 0 bridgehead atoms. The first-order chi connectivity index (χ1) is 12.4. The summed E-state index contributed by atoms with van der Waals surface area (Å²) in [6, 6.07) is 12.7. The van der Waals surface area contributed by atoms with Crippen LogP contribution < -0.4 is 19.1 Å². The Balaban J connectivity index is 1.63. The molecule has 1 unspecified atom stereocenters. The van der Waals surface area contributed by atoms with Crippen molar-refractivity contribution < 1.29 is 14.2 Å². The molecular formula is C20H18N2O3. The van der Waals surface area contributed by atoms with Crippen molar-refractivity contribution in [2.75, 3.05) is 37.8 Å². The highest BCUT2D eigenvalue weighted by atomic mass is 16.6. The molecule has 0 aromatic heterocycles. The van der Waals surface area contributed by atoms with E-state index >= 15 is 0 Å². The summed E-state index contributed by atoms with van der Waals surface area (Å²) in [4.78, 5) is 7.31. The predicted octanol–water partition coefficient (Wildman–Crippen LogP) is 2.76. The van der Waals surface area contributed by atoms with Gasteiger partial charge in [-0.05, 0) is 24.1 Å². The maximum Gasteiger partial charge on any atom is 0.165 e. The van der Waals surface area contributed by atoms with Crippen LogP contribution in [0.3, 0.4) is 0 Å². The topological polar surface area (TPSA) is 43.3 Å². The van der Waals surface area contributed by atoms with Gasteiger partial charge in [0.05, 0.1) is 0 Å². The molecule has 126 valence electrons. The molecule has 0 radical (unpaired) electrons. The summed E-state index contributed by atoms with van der Waals surface area (Å²) < 4.78 is 17.7. The molecule has 1 atom stereocenters. The Hall–Kier alpha value is -2.69. The minimum absolute atomic E-state index is 0.331. The molecule has 6 rings (SSSR count). The van der Waals surface area contributed by atoms with Crippen molar-refractivity contribution in [2.24, 2.45) is 4.99 Å². The van der Waals surface area contributed by atoms with E-state index in [-0.39, 0.29) is 5.41 Å². The van der Waals surface area contributed by atoms with Crippen molar-refractivity contribution in [3.63, 3.8) is 0 Å². The van der Waals surface area contributed by atoms with Crippen LogP contribution in [-0.2, 0) is 5.41 Å². The second-order valence-electron chi connectivity index (χ2n) is 6.91. The zero-order valence-corrected chi connectivity index (χ0v) is 13.8. The Labute approximate surface area is 145 Å². The van der Waals surface area contributed by atoms with Crippen LogP contribution in [0.5, 0.6) is 17.2 Å². The minimum Gasteiger partial charge on any atom is -0.491 e. The van der Waals surface area contributed by atoms with E-state index in [2.05, 4.69) is 35.2 Å². The highest BCUT2D eigenvalue weighted by Gasteiger charge is 2.55. The number of benzene rings is 2. The van der Waals surface area contributed by atoms with E-state index in [9.17, 15) is 0 Å². The van der Waals surface area contributed by atoms with Crippen LogP contribution in [0.4, 0.5) is 5.69 Å². The van der Waals surface area contributed by atoms with E-state index in [0.717, 1.165) is 48.2 Å². The second kappa shape index (κ2) is 4.69. The zero-order valence-electron chi connectivity index (χ0n) is 13.8. The first-order valence-electron chi connectivity index (χ1n) is 8.87. The van der Waals surface area contributed by atoms with Gasteiger partial charge in [0.1, 0.15) is 36.8 Å². The number of hydrogen-bond donors (Lipinski definition) is 0. The number of ether oxygens (including phenoxy) is 3. The molecule has 2 aromatic carbocycles. The summed E-state index contributed by atoms with van der Waals surface area (Å²) in [7, 11) is 0. The quantitative estimate of drug-likeness (QED) is 0.743. The molecule has 0 saturated heterocycles. The fourth-order valence-electron chi connectivity index (χ4n) is 4.59. The third-order valence-electron chi connectivity index (χ3n) is 5.64. The number of anilines is 1. The van der Waals surface area contributed by atoms with Crippen LogP contribution in [0.1, 0.15) is 17.5 Å². The van der Waals surface area contributed by atoms with Gasteiger partial charge < -0.3 is 19.1 Å². The van der Waals surface area contributed by atoms with Crippen LogP contribution >= 0.6 is 0 Å². The number of nitrogens with zero attached hydrogens (tertiary/aromatic N) is 2. The third-order valence-corrected chi connectivity index (χ3v) is 5.64. The van der Waals surface area contributed by atoms with Crippen LogP contribution in [0, 0.1) is 0 Å². The number of amidine groups is 1. The maximum atomic E-state index is 6.17. The van der Waals surface area contributed by atoms with E-state index < -0.39 is 0 Å². The number of aliphatic imine (C=N–C) groups is 1. The Kier molecular flexibility index (Phi) is 2.55. The molecule has 0 fully saturated rings. The van der Waals surface area contributed by atoms with Crippen LogP contribution in [-0.4, -0.2) is 38.7 Å². The van der Waals surface area contributed by atoms with Crippen molar-refractivity contribution >= 4 is 11.5 Å². The molecule has 0 amide bonds.